The molecule has 6 heteroatoms. The Morgan fingerprint density at radius 3 is 2.38 bits per heavy atom. The number of hydrogen-bond acceptors (Lipinski definition) is 4. The first-order chi connectivity index (χ1) is 9.96. The molecule has 108 valence electrons. The lowest BCUT2D eigenvalue weighted by molar-refractivity contribution is 0.282. The van der Waals surface area contributed by atoms with Crippen LogP contribution < -0.4 is 4.72 Å². The Labute approximate surface area is 123 Å². The van der Waals surface area contributed by atoms with E-state index < -0.39 is 10.0 Å². The van der Waals surface area contributed by atoms with Gasteiger partial charge in [0.15, 0.2) is 0 Å². The molecule has 21 heavy (non-hydrogen) atoms. The van der Waals surface area contributed by atoms with E-state index in [9.17, 15) is 8.42 Å². The molecule has 0 aliphatic rings. The van der Waals surface area contributed by atoms with Crippen molar-refractivity contribution in [3.63, 3.8) is 0 Å². The second-order valence-corrected chi connectivity index (χ2v) is 6.23. The SMILES string of the molecule is Cc1cc(S(=O)(=O)Nc2ccc(CO)cc2)ccc1C#N. The van der Waals surface area contributed by atoms with E-state index in [4.69, 9.17) is 10.4 Å². The Balaban J connectivity index is 2.29. The quantitative estimate of drug-likeness (QED) is 0.905. The standard InChI is InChI=1S/C15H14N2O3S/c1-11-8-15(7-4-13(11)9-16)21(19,20)17-14-5-2-12(10-18)3-6-14/h2-8,17-18H,10H2,1H3. The zero-order chi connectivity index (χ0) is 15.5. The van der Waals surface area contributed by atoms with Gasteiger partial charge in [0.1, 0.15) is 0 Å². The van der Waals surface area contributed by atoms with Crippen molar-refractivity contribution >= 4 is 15.7 Å². The van der Waals surface area contributed by atoms with Gasteiger partial charge in [-0.15, -0.1) is 0 Å². The fourth-order valence-electron chi connectivity index (χ4n) is 1.82. The zero-order valence-corrected chi connectivity index (χ0v) is 12.2. The van der Waals surface area contributed by atoms with Crippen LogP contribution in [0, 0.1) is 18.3 Å². The van der Waals surface area contributed by atoms with Crippen molar-refractivity contribution in [2.45, 2.75) is 18.4 Å². The summed E-state index contributed by atoms with van der Waals surface area (Å²) in [6.07, 6.45) is 0. The summed E-state index contributed by atoms with van der Waals surface area (Å²) in [6.45, 7) is 1.59. The van der Waals surface area contributed by atoms with E-state index in [2.05, 4.69) is 4.72 Å². The van der Waals surface area contributed by atoms with Crippen LogP contribution in [0.4, 0.5) is 5.69 Å². The summed E-state index contributed by atoms with van der Waals surface area (Å²) < 4.78 is 27.0. The van der Waals surface area contributed by atoms with E-state index in [0.717, 1.165) is 0 Å². The predicted octanol–water partition coefficient (Wildman–Crippen LogP) is 2.16. The van der Waals surface area contributed by atoms with Gasteiger partial charge in [-0.1, -0.05) is 12.1 Å². The minimum atomic E-state index is -3.70. The topological polar surface area (TPSA) is 90.2 Å². The molecule has 2 aromatic rings. The van der Waals surface area contributed by atoms with Gasteiger partial charge < -0.3 is 5.11 Å². The number of nitrogens with zero attached hydrogens (tertiary/aromatic N) is 1. The first-order valence-corrected chi connectivity index (χ1v) is 7.68. The molecule has 0 atom stereocenters. The highest BCUT2D eigenvalue weighted by Crippen LogP contribution is 2.19. The lowest BCUT2D eigenvalue weighted by Crippen LogP contribution is -2.13. The molecule has 0 aliphatic carbocycles. The minimum absolute atomic E-state index is 0.0954. The number of benzene rings is 2. The van der Waals surface area contributed by atoms with Crippen LogP contribution in [0.25, 0.3) is 0 Å². The molecular formula is C15H14N2O3S. The number of aryl methyl sites for hydroxylation is 1. The van der Waals surface area contributed by atoms with Crippen LogP contribution in [0.5, 0.6) is 0 Å². The molecule has 5 nitrogen and oxygen atoms in total. The first-order valence-electron chi connectivity index (χ1n) is 6.19. The molecule has 0 radical (unpaired) electrons. The molecule has 2 N–H and O–H groups in total. The molecular weight excluding hydrogens is 288 g/mol. The monoisotopic (exact) mass is 302 g/mol. The Morgan fingerprint density at radius 2 is 1.86 bits per heavy atom. The molecule has 0 aromatic heterocycles. The highest BCUT2D eigenvalue weighted by Gasteiger charge is 2.15. The largest absolute Gasteiger partial charge is 0.392 e. The molecule has 0 unspecified atom stereocenters. The van der Waals surface area contributed by atoms with Crippen LogP contribution >= 0.6 is 0 Å². The zero-order valence-electron chi connectivity index (χ0n) is 11.4. The predicted molar refractivity (Wildman–Crippen MR) is 79.1 cm³/mol. The number of aliphatic hydroxyl groups is 1. The van der Waals surface area contributed by atoms with Crippen LogP contribution in [0.2, 0.25) is 0 Å². The van der Waals surface area contributed by atoms with Gasteiger partial charge in [0.05, 0.1) is 23.1 Å². The van der Waals surface area contributed by atoms with E-state index in [1.165, 1.54) is 18.2 Å². The van der Waals surface area contributed by atoms with Crippen LogP contribution in [-0.4, -0.2) is 13.5 Å². The van der Waals surface area contributed by atoms with Gasteiger partial charge in [0.2, 0.25) is 0 Å². The van der Waals surface area contributed by atoms with Gasteiger partial charge in [-0.05, 0) is 48.4 Å². The maximum absolute atomic E-state index is 12.3. The van der Waals surface area contributed by atoms with Gasteiger partial charge in [0.25, 0.3) is 10.0 Å². The van der Waals surface area contributed by atoms with Crippen LogP contribution in [-0.2, 0) is 16.6 Å². The maximum atomic E-state index is 12.3. The van der Waals surface area contributed by atoms with Crippen molar-refractivity contribution in [3.05, 3.63) is 59.2 Å². The summed E-state index contributed by atoms with van der Waals surface area (Å²) >= 11 is 0. The lowest BCUT2D eigenvalue weighted by Gasteiger charge is -2.09. The lowest BCUT2D eigenvalue weighted by atomic mass is 10.1. The molecule has 0 fully saturated rings. The highest BCUT2D eigenvalue weighted by molar-refractivity contribution is 7.92. The van der Waals surface area contributed by atoms with Crippen molar-refractivity contribution in [3.8, 4) is 6.07 Å². The third-order valence-electron chi connectivity index (χ3n) is 3.02. The van der Waals surface area contributed by atoms with Gasteiger partial charge in [-0.25, -0.2) is 8.42 Å². The van der Waals surface area contributed by atoms with E-state index in [0.29, 0.717) is 22.4 Å². The molecule has 0 bridgehead atoms. The summed E-state index contributed by atoms with van der Waals surface area (Å²) in [6, 6.07) is 12.8. The van der Waals surface area contributed by atoms with Crippen LogP contribution in [0.15, 0.2) is 47.4 Å². The molecule has 2 rings (SSSR count). The highest BCUT2D eigenvalue weighted by atomic mass is 32.2. The van der Waals surface area contributed by atoms with Gasteiger partial charge in [-0.3, -0.25) is 4.72 Å². The molecule has 0 aliphatic heterocycles. The average molecular weight is 302 g/mol. The molecule has 0 heterocycles. The number of sulfonamides is 1. The smallest absolute Gasteiger partial charge is 0.261 e. The fourth-order valence-corrected chi connectivity index (χ4v) is 2.96. The molecule has 0 amide bonds. The third-order valence-corrected chi connectivity index (χ3v) is 4.40. The summed E-state index contributed by atoms with van der Waals surface area (Å²) in [5.74, 6) is 0. The fraction of sp³-hybridized carbons (Fsp3) is 0.133. The molecule has 0 spiro atoms. The first kappa shape index (κ1) is 15.0. The number of hydrogen-bond donors (Lipinski definition) is 2. The Hall–Kier alpha value is -2.36. The number of aliphatic hydroxyl groups excluding tert-OH is 1. The second kappa shape index (κ2) is 5.95. The van der Waals surface area contributed by atoms with E-state index in [1.807, 2.05) is 6.07 Å². The minimum Gasteiger partial charge on any atom is -0.392 e. The molecule has 2 aromatic carbocycles. The Bertz CT molecular complexity index is 791. The molecule has 0 saturated heterocycles. The Morgan fingerprint density at radius 1 is 1.19 bits per heavy atom. The number of nitrogens with one attached hydrogen (secondary N) is 1. The van der Waals surface area contributed by atoms with Gasteiger partial charge in [-0.2, -0.15) is 5.26 Å². The normalized spacial score (nSPS) is 10.9. The van der Waals surface area contributed by atoms with Crippen LogP contribution in [0.3, 0.4) is 0 Å². The maximum Gasteiger partial charge on any atom is 0.261 e. The molecule has 0 saturated carbocycles. The van der Waals surface area contributed by atoms with Crippen molar-refractivity contribution < 1.29 is 13.5 Å². The van der Waals surface area contributed by atoms with Crippen LogP contribution in [0.1, 0.15) is 16.7 Å². The number of nitriles is 1. The van der Waals surface area contributed by atoms with E-state index >= 15 is 0 Å². The van der Waals surface area contributed by atoms with Crippen molar-refractivity contribution in [2.75, 3.05) is 4.72 Å². The Kier molecular flexibility index (Phi) is 4.26. The second-order valence-electron chi connectivity index (χ2n) is 4.55. The summed E-state index contributed by atoms with van der Waals surface area (Å²) in [7, 11) is -3.70. The summed E-state index contributed by atoms with van der Waals surface area (Å²) in [4.78, 5) is 0.102. The van der Waals surface area contributed by atoms with E-state index in [-0.39, 0.29) is 11.5 Å². The summed E-state index contributed by atoms with van der Waals surface area (Å²) in [5, 5.41) is 17.8. The number of rotatable bonds is 4. The average Bonchev–Trinajstić information content (AvgIpc) is 2.47. The van der Waals surface area contributed by atoms with Crippen molar-refractivity contribution in [2.24, 2.45) is 0 Å². The van der Waals surface area contributed by atoms with Crippen molar-refractivity contribution in [1.82, 2.24) is 0 Å². The number of anilines is 1. The van der Waals surface area contributed by atoms with Gasteiger partial charge >= 0.3 is 0 Å². The third kappa shape index (κ3) is 3.40. The van der Waals surface area contributed by atoms with Gasteiger partial charge in [0, 0.05) is 5.69 Å². The van der Waals surface area contributed by atoms with Crippen molar-refractivity contribution in [1.29, 1.82) is 5.26 Å². The van der Waals surface area contributed by atoms with E-state index in [1.54, 1.807) is 31.2 Å². The summed E-state index contributed by atoms with van der Waals surface area (Å²) in [5.41, 5.74) is 2.17.